The Morgan fingerprint density at radius 2 is 1.81 bits per heavy atom. The number of nitrogens with one attached hydrogen (secondary N) is 1. The van der Waals surface area contributed by atoms with E-state index in [-0.39, 0.29) is 5.91 Å². The molecule has 3 rings (SSSR count). The van der Waals surface area contributed by atoms with Gasteiger partial charge in [-0.2, -0.15) is 0 Å². The summed E-state index contributed by atoms with van der Waals surface area (Å²) in [5.41, 5.74) is 1.52. The first kappa shape index (κ1) is 19.1. The maximum atomic E-state index is 12.3. The lowest BCUT2D eigenvalue weighted by atomic mass is 9.98. The molecule has 0 fully saturated rings. The van der Waals surface area contributed by atoms with Crippen molar-refractivity contribution in [1.29, 1.82) is 0 Å². The van der Waals surface area contributed by atoms with E-state index in [4.69, 9.17) is 11.6 Å². The van der Waals surface area contributed by atoms with Crippen molar-refractivity contribution in [3.8, 4) is 0 Å². The molecule has 1 amide bonds. The quantitative estimate of drug-likeness (QED) is 0.570. The number of hydrogen-bond acceptors (Lipinski definition) is 3. The zero-order valence-electron chi connectivity index (χ0n) is 14.5. The van der Waals surface area contributed by atoms with E-state index in [2.05, 4.69) is 5.32 Å². The van der Waals surface area contributed by atoms with Crippen LogP contribution in [-0.2, 0) is 4.79 Å². The lowest BCUT2D eigenvalue weighted by Crippen LogP contribution is -2.37. The molecule has 2 atom stereocenters. The Bertz CT molecular complexity index is 970. The predicted molar refractivity (Wildman–Crippen MR) is 108 cm³/mol. The molecule has 0 spiro atoms. The Balaban J connectivity index is 1.80. The molecular weight excluding hydrogens is 362 g/mol. The molecule has 3 aromatic carbocycles. The van der Waals surface area contributed by atoms with Crippen molar-refractivity contribution in [2.75, 3.05) is 6.61 Å². The summed E-state index contributed by atoms with van der Waals surface area (Å²) < 4.78 is 0. The molecule has 0 unspecified atom stereocenters. The molecule has 4 nitrogen and oxygen atoms in total. The van der Waals surface area contributed by atoms with E-state index in [9.17, 15) is 15.0 Å². The van der Waals surface area contributed by atoms with E-state index in [0.29, 0.717) is 5.02 Å². The molecule has 0 radical (unpaired) electrons. The SMILES string of the molecule is O=C(/C=C/c1cccc(Cl)c1)N[C@H](c1ccc2ccccc2c1)[C@H](O)CO. The third-order valence-corrected chi connectivity index (χ3v) is 4.51. The van der Waals surface area contributed by atoms with Gasteiger partial charge >= 0.3 is 0 Å². The minimum atomic E-state index is -1.12. The third-order valence-electron chi connectivity index (χ3n) is 4.28. The van der Waals surface area contributed by atoms with Crippen LogP contribution < -0.4 is 5.32 Å². The molecule has 27 heavy (non-hydrogen) atoms. The van der Waals surface area contributed by atoms with Gasteiger partial charge in [-0.05, 0) is 46.2 Å². The highest BCUT2D eigenvalue weighted by molar-refractivity contribution is 6.30. The summed E-state index contributed by atoms with van der Waals surface area (Å²) in [5, 5.41) is 25.0. The van der Waals surface area contributed by atoms with Crippen molar-refractivity contribution in [3.63, 3.8) is 0 Å². The summed E-state index contributed by atoms with van der Waals surface area (Å²) in [7, 11) is 0. The van der Waals surface area contributed by atoms with E-state index >= 15 is 0 Å². The highest BCUT2D eigenvalue weighted by atomic mass is 35.5. The van der Waals surface area contributed by atoms with Gasteiger partial charge in [-0.25, -0.2) is 0 Å². The van der Waals surface area contributed by atoms with Gasteiger partial charge in [-0.1, -0.05) is 60.1 Å². The molecule has 138 valence electrons. The minimum absolute atomic E-state index is 0.374. The second-order valence-electron chi connectivity index (χ2n) is 6.23. The largest absolute Gasteiger partial charge is 0.394 e. The van der Waals surface area contributed by atoms with Crippen LogP contribution >= 0.6 is 11.6 Å². The fourth-order valence-electron chi connectivity index (χ4n) is 2.89. The van der Waals surface area contributed by atoms with Crippen molar-refractivity contribution in [2.24, 2.45) is 0 Å². The summed E-state index contributed by atoms with van der Waals surface area (Å²) in [6.07, 6.45) is 1.91. The second-order valence-corrected chi connectivity index (χ2v) is 6.67. The van der Waals surface area contributed by atoms with E-state index in [0.717, 1.165) is 21.9 Å². The fraction of sp³-hybridized carbons (Fsp3) is 0.136. The number of fused-ring (bicyclic) bond motifs is 1. The first-order valence-electron chi connectivity index (χ1n) is 8.58. The van der Waals surface area contributed by atoms with Gasteiger partial charge < -0.3 is 15.5 Å². The summed E-state index contributed by atoms with van der Waals surface area (Å²) in [6.45, 7) is -0.463. The van der Waals surface area contributed by atoms with Crippen LogP contribution in [0.2, 0.25) is 5.02 Å². The van der Waals surface area contributed by atoms with Gasteiger partial charge in [0.1, 0.15) is 6.10 Å². The molecule has 0 saturated carbocycles. The number of aliphatic hydroxyl groups excluding tert-OH is 2. The summed E-state index contributed by atoms with van der Waals surface area (Å²) >= 11 is 5.94. The summed E-state index contributed by atoms with van der Waals surface area (Å²) in [4.78, 5) is 12.3. The average Bonchev–Trinajstić information content (AvgIpc) is 2.69. The van der Waals surface area contributed by atoms with Gasteiger partial charge in [-0.15, -0.1) is 0 Å². The molecular formula is C22H20ClNO3. The van der Waals surface area contributed by atoms with Crippen LogP contribution in [0, 0.1) is 0 Å². The number of carbonyl (C=O) groups is 1. The molecule has 0 aromatic heterocycles. The van der Waals surface area contributed by atoms with Crippen LogP contribution in [0.4, 0.5) is 0 Å². The normalized spacial score (nSPS) is 13.6. The Labute approximate surface area is 162 Å². The number of aliphatic hydroxyl groups is 2. The van der Waals surface area contributed by atoms with Crippen molar-refractivity contribution in [3.05, 3.63) is 89.0 Å². The van der Waals surface area contributed by atoms with Gasteiger partial charge in [-0.3, -0.25) is 4.79 Å². The molecule has 0 aliphatic rings. The maximum Gasteiger partial charge on any atom is 0.244 e. The lowest BCUT2D eigenvalue weighted by Gasteiger charge is -2.23. The molecule has 0 bridgehead atoms. The molecule has 5 heteroatoms. The molecule has 0 heterocycles. The van der Waals surface area contributed by atoms with Gasteiger partial charge in [0.15, 0.2) is 0 Å². The second kappa shape index (κ2) is 8.82. The number of benzene rings is 3. The standard InChI is InChI=1S/C22H20ClNO3/c23-19-7-3-4-15(12-19)8-11-21(27)24-22(20(26)14-25)18-10-9-16-5-1-2-6-17(16)13-18/h1-13,20,22,25-26H,14H2,(H,24,27)/b11-8+/t20-,22-/m1/s1. The highest BCUT2D eigenvalue weighted by Crippen LogP contribution is 2.23. The van der Waals surface area contributed by atoms with Crippen molar-refractivity contribution in [2.45, 2.75) is 12.1 Å². The summed E-state index contributed by atoms with van der Waals surface area (Å²) in [5.74, 6) is -0.374. The minimum Gasteiger partial charge on any atom is -0.394 e. The molecule has 3 N–H and O–H groups in total. The van der Waals surface area contributed by atoms with Crippen LogP contribution in [0.1, 0.15) is 17.2 Å². The third kappa shape index (κ3) is 4.95. The molecule has 0 aliphatic heterocycles. The van der Waals surface area contributed by atoms with Crippen molar-refractivity contribution >= 4 is 34.4 Å². The number of hydrogen-bond donors (Lipinski definition) is 3. The first-order valence-corrected chi connectivity index (χ1v) is 8.96. The summed E-state index contributed by atoms with van der Waals surface area (Å²) in [6, 6.07) is 19.9. The van der Waals surface area contributed by atoms with Gasteiger partial charge in [0.05, 0.1) is 12.6 Å². The Hall–Kier alpha value is -2.66. The maximum absolute atomic E-state index is 12.3. The molecule has 0 saturated heterocycles. The Morgan fingerprint density at radius 3 is 2.56 bits per heavy atom. The van der Waals surface area contributed by atoms with E-state index < -0.39 is 18.8 Å². The van der Waals surface area contributed by atoms with E-state index in [1.807, 2.05) is 48.5 Å². The van der Waals surface area contributed by atoms with E-state index in [1.54, 1.807) is 24.3 Å². The van der Waals surface area contributed by atoms with Crippen LogP contribution in [0.25, 0.3) is 16.8 Å². The van der Waals surface area contributed by atoms with Crippen molar-refractivity contribution in [1.82, 2.24) is 5.32 Å². The number of halogens is 1. The fourth-order valence-corrected chi connectivity index (χ4v) is 3.09. The van der Waals surface area contributed by atoms with Crippen LogP contribution in [0.15, 0.2) is 72.8 Å². The van der Waals surface area contributed by atoms with Gasteiger partial charge in [0.2, 0.25) is 5.91 Å². The predicted octanol–water partition coefficient (Wildman–Crippen LogP) is 3.72. The Kier molecular flexibility index (Phi) is 6.24. The average molecular weight is 382 g/mol. The van der Waals surface area contributed by atoms with Crippen LogP contribution in [0.3, 0.4) is 0 Å². The smallest absolute Gasteiger partial charge is 0.244 e. The Morgan fingerprint density at radius 1 is 1.04 bits per heavy atom. The monoisotopic (exact) mass is 381 g/mol. The topological polar surface area (TPSA) is 69.6 Å². The van der Waals surface area contributed by atoms with E-state index in [1.165, 1.54) is 6.08 Å². The molecule has 3 aromatic rings. The highest BCUT2D eigenvalue weighted by Gasteiger charge is 2.22. The lowest BCUT2D eigenvalue weighted by molar-refractivity contribution is -0.118. The van der Waals surface area contributed by atoms with Crippen LogP contribution in [0.5, 0.6) is 0 Å². The van der Waals surface area contributed by atoms with Gasteiger partial charge in [0.25, 0.3) is 0 Å². The number of amides is 1. The van der Waals surface area contributed by atoms with Gasteiger partial charge in [0, 0.05) is 11.1 Å². The first-order chi connectivity index (χ1) is 13.1. The number of carbonyl (C=O) groups excluding carboxylic acids is 1. The zero-order valence-corrected chi connectivity index (χ0v) is 15.3. The number of rotatable bonds is 6. The molecule has 0 aliphatic carbocycles. The van der Waals surface area contributed by atoms with Crippen molar-refractivity contribution < 1.29 is 15.0 Å². The van der Waals surface area contributed by atoms with Crippen LogP contribution in [-0.4, -0.2) is 28.8 Å². The zero-order chi connectivity index (χ0) is 19.2.